The molecule has 2 aliphatic rings. The smallest absolute Gasteiger partial charge is 0.227 e. The van der Waals surface area contributed by atoms with Crippen LogP contribution in [0.2, 0.25) is 0 Å². The van der Waals surface area contributed by atoms with E-state index in [1.54, 1.807) is 0 Å². The normalized spacial score (nSPS) is 17.6. The van der Waals surface area contributed by atoms with Crippen LogP contribution < -0.4 is 15.5 Å². The van der Waals surface area contributed by atoms with Crippen molar-refractivity contribution in [3.05, 3.63) is 36.2 Å². The molecule has 1 aromatic heterocycles. The Bertz CT molecular complexity index is 899. The molecule has 0 atom stereocenters. The first kappa shape index (κ1) is 20.3. The van der Waals surface area contributed by atoms with Gasteiger partial charge in [-0.3, -0.25) is 9.59 Å². The Morgan fingerprint density at radius 3 is 2.43 bits per heavy atom. The summed E-state index contributed by atoms with van der Waals surface area (Å²) in [5.41, 5.74) is 1.62. The fourth-order valence-electron chi connectivity index (χ4n) is 3.80. The minimum absolute atomic E-state index is 0.00946. The van der Waals surface area contributed by atoms with Crippen LogP contribution in [-0.2, 0) is 14.3 Å². The summed E-state index contributed by atoms with van der Waals surface area (Å²) in [7, 11) is 0. The second-order valence-corrected chi connectivity index (χ2v) is 7.76. The van der Waals surface area contributed by atoms with Gasteiger partial charge in [0.2, 0.25) is 5.91 Å². The van der Waals surface area contributed by atoms with Crippen LogP contribution in [0, 0.1) is 12.8 Å². The lowest BCUT2D eigenvalue weighted by atomic mass is 9.88. The van der Waals surface area contributed by atoms with Crippen LogP contribution in [0.1, 0.15) is 31.5 Å². The van der Waals surface area contributed by atoms with Crippen molar-refractivity contribution in [2.24, 2.45) is 5.92 Å². The number of aromatic nitrogens is 2. The van der Waals surface area contributed by atoms with E-state index in [2.05, 4.69) is 25.5 Å². The first-order chi connectivity index (χ1) is 14.6. The zero-order valence-corrected chi connectivity index (χ0v) is 17.2. The highest BCUT2D eigenvalue weighted by Crippen LogP contribution is 2.25. The molecule has 1 saturated heterocycles. The van der Waals surface area contributed by atoms with Crippen molar-refractivity contribution in [3.8, 4) is 0 Å². The van der Waals surface area contributed by atoms with Gasteiger partial charge in [0.1, 0.15) is 23.2 Å². The van der Waals surface area contributed by atoms with Crippen LogP contribution >= 0.6 is 0 Å². The number of ketones is 1. The van der Waals surface area contributed by atoms with E-state index in [4.69, 9.17) is 4.74 Å². The third-order valence-electron chi connectivity index (χ3n) is 5.50. The number of nitrogens with zero attached hydrogens (tertiary/aromatic N) is 3. The number of Topliss-reactive ketones (excluding diaryl/α,β-unsaturated/α-hetero) is 1. The molecule has 1 aliphatic heterocycles. The average Bonchev–Trinajstić information content (AvgIpc) is 2.76. The molecule has 0 bridgehead atoms. The number of carbonyl (C=O) groups is 2. The number of amides is 1. The molecule has 4 rings (SSSR count). The predicted molar refractivity (Wildman–Crippen MR) is 115 cm³/mol. The van der Waals surface area contributed by atoms with Gasteiger partial charge in [-0.15, -0.1) is 0 Å². The van der Waals surface area contributed by atoms with Gasteiger partial charge >= 0.3 is 0 Å². The molecule has 1 aromatic carbocycles. The van der Waals surface area contributed by atoms with E-state index in [9.17, 15) is 9.59 Å². The van der Waals surface area contributed by atoms with Crippen molar-refractivity contribution >= 4 is 34.7 Å². The number of benzene rings is 1. The van der Waals surface area contributed by atoms with Crippen LogP contribution in [0.15, 0.2) is 30.3 Å². The van der Waals surface area contributed by atoms with Gasteiger partial charge in [-0.1, -0.05) is 0 Å². The maximum absolute atomic E-state index is 12.4. The minimum Gasteiger partial charge on any atom is -0.378 e. The lowest BCUT2D eigenvalue weighted by molar-refractivity contribution is -0.125. The number of anilines is 4. The molecule has 2 heterocycles. The van der Waals surface area contributed by atoms with Crippen LogP contribution in [-0.4, -0.2) is 48.0 Å². The molecule has 2 fully saturated rings. The van der Waals surface area contributed by atoms with Crippen molar-refractivity contribution < 1.29 is 14.3 Å². The van der Waals surface area contributed by atoms with Gasteiger partial charge < -0.3 is 20.3 Å². The Hall–Kier alpha value is -3.00. The van der Waals surface area contributed by atoms with E-state index < -0.39 is 0 Å². The van der Waals surface area contributed by atoms with Crippen LogP contribution in [0.5, 0.6) is 0 Å². The summed E-state index contributed by atoms with van der Waals surface area (Å²) in [5.74, 6) is 2.49. The molecule has 158 valence electrons. The van der Waals surface area contributed by atoms with E-state index in [0.29, 0.717) is 44.7 Å². The SMILES string of the molecule is Cc1nc(Nc2ccc(NC(=O)C3CCC(=O)CC3)cc2)cc(N2CCOCC2)n1. The third kappa shape index (κ3) is 5.13. The Morgan fingerprint density at radius 1 is 1.07 bits per heavy atom. The molecule has 0 spiro atoms. The average molecular weight is 409 g/mol. The fraction of sp³-hybridized carbons (Fsp3) is 0.455. The van der Waals surface area contributed by atoms with Gasteiger partial charge in [0.15, 0.2) is 0 Å². The quantitative estimate of drug-likeness (QED) is 0.783. The summed E-state index contributed by atoms with van der Waals surface area (Å²) >= 11 is 0. The van der Waals surface area contributed by atoms with Crippen molar-refractivity contribution in [2.45, 2.75) is 32.6 Å². The first-order valence-corrected chi connectivity index (χ1v) is 10.4. The van der Waals surface area contributed by atoms with E-state index in [1.807, 2.05) is 37.3 Å². The summed E-state index contributed by atoms with van der Waals surface area (Å²) in [6.07, 6.45) is 2.29. The highest BCUT2D eigenvalue weighted by Gasteiger charge is 2.24. The highest BCUT2D eigenvalue weighted by atomic mass is 16.5. The van der Waals surface area contributed by atoms with Crippen LogP contribution in [0.25, 0.3) is 0 Å². The molecule has 0 unspecified atom stereocenters. The van der Waals surface area contributed by atoms with Crippen molar-refractivity contribution in [1.82, 2.24) is 9.97 Å². The van der Waals surface area contributed by atoms with Gasteiger partial charge in [0.25, 0.3) is 0 Å². The summed E-state index contributed by atoms with van der Waals surface area (Å²) in [6.45, 7) is 4.93. The Morgan fingerprint density at radius 2 is 1.73 bits per heavy atom. The molecule has 8 nitrogen and oxygen atoms in total. The van der Waals surface area contributed by atoms with Crippen LogP contribution in [0.4, 0.5) is 23.0 Å². The molecular formula is C22H27N5O3. The summed E-state index contributed by atoms with van der Waals surface area (Å²) in [6, 6.07) is 9.49. The molecular weight excluding hydrogens is 382 g/mol. The van der Waals surface area contributed by atoms with Crippen molar-refractivity contribution in [1.29, 1.82) is 0 Å². The third-order valence-corrected chi connectivity index (χ3v) is 5.50. The topological polar surface area (TPSA) is 96.5 Å². The molecule has 1 amide bonds. The fourth-order valence-corrected chi connectivity index (χ4v) is 3.80. The first-order valence-electron chi connectivity index (χ1n) is 10.4. The standard InChI is InChI=1S/C22H27N5O3/c1-15-23-20(14-21(24-15)27-10-12-30-13-11-27)25-17-4-6-18(7-5-17)26-22(29)16-2-8-19(28)9-3-16/h4-7,14,16H,2-3,8-13H2,1H3,(H,26,29)(H,23,24,25). The lowest BCUT2D eigenvalue weighted by Gasteiger charge is -2.28. The minimum atomic E-state index is -0.0805. The highest BCUT2D eigenvalue weighted by molar-refractivity contribution is 5.94. The van der Waals surface area contributed by atoms with Crippen LogP contribution in [0.3, 0.4) is 0 Å². The lowest BCUT2D eigenvalue weighted by Crippen LogP contribution is -2.36. The number of carbonyl (C=O) groups excluding carboxylic acids is 2. The Kier molecular flexibility index (Phi) is 6.23. The number of rotatable bonds is 5. The van der Waals surface area contributed by atoms with Gasteiger partial charge in [-0.2, -0.15) is 0 Å². The largest absolute Gasteiger partial charge is 0.378 e. The second kappa shape index (κ2) is 9.21. The van der Waals surface area contributed by atoms with E-state index in [1.165, 1.54) is 0 Å². The molecule has 30 heavy (non-hydrogen) atoms. The van der Waals surface area contributed by atoms with Gasteiger partial charge in [0, 0.05) is 49.3 Å². The number of ether oxygens (including phenoxy) is 1. The Balaban J connectivity index is 1.38. The Labute approximate surface area is 176 Å². The number of hydrogen-bond donors (Lipinski definition) is 2. The molecule has 2 N–H and O–H groups in total. The van der Waals surface area contributed by atoms with Gasteiger partial charge in [-0.05, 0) is 44.0 Å². The molecule has 0 radical (unpaired) electrons. The van der Waals surface area contributed by atoms with Crippen molar-refractivity contribution in [2.75, 3.05) is 41.8 Å². The molecule has 1 aliphatic carbocycles. The number of hydrogen-bond acceptors (Lipinski definition) is 7. The van der Waals surface area contributed by atoms with E-state index in [0.717, 1.165) is 36.1 Å². The van der Waals surface area contributed by atoms with Gasteiger partial charge in [-0.25, -0.2) is 9.97 Å². The monoisotopic (exact) mass is 409 g/mol. The summed E-state index contributed by atoms with van der Waals surface area (Å²) < 4.78 is 5.41. The van der Waals surface area contributed by atoms with E-state index in [-0.39, 0.29) is 17.6 Å². The number of nitrogens with one attached hydrogen (secondary N) is 2. The van der Waals surface area contributed by atoms with E-state index >= 15 is 0 Å². The van der Waals surface area contributed by atoms with Crippen molar-refractivity contribution in [3.63, 3.8) is 0 Å². The molecule has 1 saturated carbocycles. The maximum Gasteiger partial charge on any atom is 0.227 e. The summed E-state index contributed by atoms with van der Waals surface area (Å²) in [4.78, 5) is 35.0. The second-order valence-electron chi connectivity index (χ2n) is 7.76. The van der Waals surface area contributed by atoms with Gasteiger partial charge in [0.05, 0.1) is 13.2 Å². The maximum atomic E-state index is 12.4. The molecule has 8 heteroatoms. The number of aryl methyl sites for hydroxylation is 1. The zero-order chi connectivity index (χ0) is 20.9. The predicted octanol–water partition coefficient (Wildman–Crippen LogP) is 3.06. The number of morpholine rings is 1. The summed E-state index contributed by atoms with van der Waals surface area (Å²) in [5, 5.41) is 6.27. The zero-order valence-electron chi connectivity index (χ0n) is 17.2. The molecule has 2 aromatic rings.